The van der Waals surface area contributed by atoms with Crippen LogP contribution in [0.3, 0.4) is 0 Å². The van der Waals surface area contributed by atoms with E-state index in [1.807, 2.05) is 11.9 Å². The molecule has 0 saturated carbocycles. The number of hydrogen-bond acceptors (Lipinski definition) is 5. The number of morpholine rings is 1. The number of likely N-dealkylation sites (N-methyl/N-ethyl adjacent to an activating group) is 1. The lowest BCUT2D eigenvalue weighted by Gasteiger charge is -2.29. The molecule has 1 aliphatic heterocycles. The lowest BCUT2D eigenvalue weighted by molar-refractivity contribution is -0.00665. The second-order valence-electron chi connectivity index (χ2n) is 4.66. The van der Waals surface area contributed by atoms with E-state index >= 15 is 0 Å². The third kappa shape index (κ3) is 2.41. The summed E-state index contributed by atoms with van der Waals surface area (Å²) in [5.74, 6) is -1.20. The first-order valence-electron chi connectivity index (χ1n) is 6.22. The first kappa shape index (κ1) is 13.1. The van der Waals surface area contributed by atoms with Gasteiger partial charge in [0, 0.05) is 12.1 Å². The molecule has 0 N–H and O–H groups in total. The number of aromatic nitrogens is 2. The quantitative estimate of drug-likeness (QED) is 0.843. The Kier molecular flexibility index (Phi) is 3.45. The standard InChI is InChI=1S/C13H13F2N3O2/c1-18-4-5-19-7-11(18)13-16-12(17-20-13)8-2-3-9(14)10(15)6-8/h2-3,6,11H,4-5,7H2,1H3. The Morgan fingerprint density at radius 3 is 2.90 bits per heavy atom. The van der Waals surface area contributed by atoms with Crippen LogP contribution >= 0.6 is 0 Å². The second kappa shape index (κ2) is 5.26. The van der Waals surface area contributed by atoms with Crippen molar-refractivity contribution in [1.29, 1.82) is 0 Å². The minimum Gasteiger partial charge on any atom is -0.378 e. The smallest absolute Gasteiger partial charge is 0.246 e. The van der Waals surface area contributed by atoms with E-state index in [0.717, 1.165) is 18.7 Å². The molecule has 5 nitrogen and oxygen atoms in total. The van der Waals surface area contributed by atoms with Crippen LogP contribution in [0.1, 0.15) is 11.9 Å². The number of rotatable bonds is 2. The van der Waals surface area contributed by atoms with Crippen LogP contribution in [0.4, 0.5) is 8.78 Å². The summed E-state index contributed by atoms with van der Waals surface area (Å²) in [7, 11) is 1.94. The average molecular weight is 281 g/mol. The SMILES string of the molecule is CN1CCOCC1c1nc(-c2ccc(F)c(F)c2)no1. The fourth-order valence-electron chi connectivity index (χ4n) is 2.07. The first-order valence-corrected chi connectivity index (χ1v) is 6.22. The molecule has 1 unspecified atom stereocenters. The summed E-state index contributed by atoms with van der Waals surface area (Å²) in [4.78, 5) is 6.28. The minimum absolute atomic E-state index is 0.115. The van der Waals surface area contributed by atoms with Gasteiger partial charge < -0.3 is 9.26 Å². The van der Waals surface area contributed by atoms with Crippen molar-refractivity contribution in [3.8, 4) is 11.4 Å². The Hall–Kier alpha value is -1.86. The molecule has 1 fully saturated rings. The monoisotopic (exact) mass is 281 g/mol. The average Bonchev–Trinajstić information content (AvgIpc) is 2.92. The van der Waals surface area contributed by atoms with Gasteiger partial charge in [-0.2, -0.15) is 4.98 Å². The molecule has 7 heteroatoms. The van der Waals surface area contributed by atoms with E-state index < -0.39 is 11.6 Å². The van der Waals surface area contributed by atoms with Crippen molar-refractivity contribution in [2.45, 2.75) is 6.04 Å². The maximum Gasteiger partial charge on any atom is 0.246 e. The van der Waals surface area contributed by atoms with Crippen molar-refractivity contribution in [3.63, 3.8) is 0 Å². The van der Waals surface area contributed by atoms with E-state index in [1.54, 1.807) is 0 Å². The zero-order valence-corrected chi connectivity index (χ0v) is 10.8. The predicted octanol–water partition coefficient (Wildman–Crippen LogP) is 2.02. The van der Waals surface area contributed by atoms with Crippen LogP contribution in [-0.2, 0) is 4.74 Å². The summed E-state index contributed by atoms with van der Waals surface area (Å²) in [5, 5.41) is 3.81. The van der Waals surface area contributed by atoms with E-state index in [1.165, 1.54) is 6.07 Å². The first-order chi connectivity index (χ1) is 9.65. The van der Waals surface area contributed by atoms with Gasteiger partial charge in [0.2, 0.25) is 11.7 Å². The number of benzene rings is 1. The van der Waals surface area contributed by atoms with Crippen molar-refractivity contribution < 1.29 is 18.0 Å². The van der Waals surface area contributed by atoms with Crippen LogP contribution in [0.5, 0.6) is 0 Å². The van der Waals surface area contributed by atoms with Crippen molar-refractivity contribution in [2.75, 3.05) is 26.8 Å². The van der Waals surface area contributed by atoms with Gasteiger partial charge in [-0.25, -0.2) is 8.78 Å². The maximum atomic E-state index is 13.2. The molecule has 0 amide bonds. The number of nitrogens with zero attached hydrogens (tertiary/aromatic N) is 3. The van der Waals surface area contributed by atoms with Crippen LogP contribution in [0.2, 0.25) is 0 Å². The van der Waals surface area contributed by atoms with E-state index in [9.17, 15) is 8.78 Å². The molecule has 2 heterocycles. The Bertz CT molecular complexity index is 617. The van der Waals surface area contributed by atoms with Crippen molar-refractivity contribution >= 4 is 0 Å². The van der Waals surface area contributed by atoms with Crippen molar-refractivity contribution in [3.05, 3.63) is 35.7 Å². The van der Waals surface area contributed by atoms with Crippen LogP contribution < -0.4 is 0 Å². The van der Waals surface area contributed by atoms with E-state index in [-0.39, 0.29) is 11.9 Å². The van der Waals surface area contributed by atoms with E-state index in [0.29, 0.717) is 24.7 Å². The Morgan fingerprint density at radius 2 is 2.15 bits per heavy atom. The third-order valence-electron chi connectivity index (χ3n) is 3.30. The summed E-state index contributed by atoms with van der Waals surface area (Å²) in [6.07, 6.45) is 0. The molecule has 1 aliphatic rings. The molecule has 0 aliphatic carbocycles. The van der Waals surface area contributed by atoms with Gasteiger partial charge in [-0.3, -0.25) is 4.90 Å². The van der Waals surface area contributed by atoms with Crippen molar-refractivity contribution in [1.82, 2.24) is 15.0 Å². The van der Waals surface area contributed by atoms with Gasteiger partial charge in [0.15, 0.2) is 11.6 Å². The Labute approximate surface area is 114 Å². The van der Waals surface area contributed by atoms with Gasteiger partial charge >= 0.3 is 0 Å². The topological polar surface area (TPSA) is 51.4 Å². The number of halogens is 2. The molecule has 1 aromatic heterocycles. The summed E-state index contributed by atoms with van der Waals surface area (Å²) in [6, 6.07) is 3.38. The molecule has 1 saturated heterocycles. The summed E-state index contributed by atoms with van der Waals surface area (Å²) >= 11 is 0. The van der Waals surface area contributed by atoms with Gasteiger partial charge in [-0.05, 0) is 25.2 Å². The van der Waals surface area contributed by atoms with Gasteiger partial charge in [0.1, 0.15) is 6.04 Å². The zero-order valence-electron chi connectivity index (χ0n) is 10.8. The zero-order chi connectivity index (χ0) is 14.1. The number of ether oxygens (including phenoxy) is 1. The Morgan fingerprint density at radius 1 is 1.30 bits per heavy atom. The predicted molar refractivity (Wildman–Crippen MR) is 65.8 cm³/mol. The molecule has 1 atom stereocenters. The fourth-order valence-corrected chi connectivity index (χ4v) is 2.07. The molecule has 2 aromatic rings. The molecular formula is C13H13F2N3O2. The minimum atomic E-state index is -0.938. The van der Waals surface area contributed by atoms with Crippen molar-refractivity contribution in [2.24, 2.45) is 0 Å². The molecule has 20 heavy (non-hydrogen) atoms. The highest BCUT2D eigenvalue weighted by Crippen LogP contribution is 2.24. The normalized spacial score (nSPS) is 20.2. The van der Waals surface area contributed by atoms with Gasteiger partial charge in [0.25, 0.3) is 0 Å². The highest BCUT2D eigenvalue weighted by molar-refractivity contribution is 5.54. The van der Waals surface area contributed by atoms with Crippen LogP contribution in [-0.4, -0.2) is 41.8 Å². The highest BCUT2D eigenvalue weighted by atomic mass is 19.2. The summed E-state index contributed by atoms with van der Waals surface area (Å²) in [5.41, 5.74) is 0.373. The third-order valence-corrected chi connectivity index (χ3v) is 3.30. The van der Waals surface area contributed by atoms with E-state index in [4.69, 9.17) is 9.26 Å². The maximum absolute atomic E-state index is 13.2. The summed E-state index contributed by atoms with van der Waals surface area (Å²) in [6.45, 7) is 1.90. The lowest BCUT2D eigenvalue weighted by atomic mass is 10.2. The van der Waals surface area contributed by atoms with Crippen LogP contribution in [0.25, 0.3) is 11.4 Å². The molecule has 3 rings (SSSR count). The summed E-state index contributed by atoms with van der Waals surface area (Å²) < 4.78 is 36.7. The lowest BCUT2D eigenvalue weighted by Crippen LogP contribution is -2.36. The van der Waals surface area contributed by atoms with Gasteiger partial charge in [-0.15, -0.1) is 0 Å². The Balaban J connectivity index is 1.87. The highest BCUT2D eigenvalue weighted by Gasteiger charge is 2.27. The fraction of sp³-hybridized carbons (Fsp3) is 0.385. The molecule has 0 radical (unpaired) electrons. The van der Waals surface area contributed by atoms with Gasteiger partial charge in [0.05, 0.1) is 13.2 Å². The van der Waals surface area contributed by atoms with E-state index in [2.05, 4.69) is 10.1 Å². The van der Waals surface area contributed by atoms with Gasteiger partial charge in [-0.1, -0.05) is 5.16 Å². The molecular weight excluding hydrogens is 268 g/mol. The molecule has 106 valence electrons. The van der Waals surface area contributed by atoms with Crippen LogP contribution in [0.15, 0.2) is 22.7 Å². The largest absolute Gasteiger partial charge is 0.378 e. The molecule has 0 bridgehead atoms. The number of hydrogen-bond donors (Lipinski definition) is 0. The second-order valence-corrected chi connectivity index (χ2v) is 4.66. The molecule has 0 spiro atoms. The molecule has 1 aromatic carbocycles. The van der Waals surface area contributed by atoms with Crippen LogP contribution in [0, 0.1) is 11.6 Å².